The van der Waals surface area contributed by atoms with Crippen molar-refractivity contribution < 1.29 is 13.9 Å². The topological polar surface area (TPSA) is 83.4 Å². The van der Waals surface area contributed by atoms with Crippen LogP contribution in [-0.4, -0.2) is 47.0 Å². The van der Waals surface area contributed by atoms with Gasteiger partial charge in [0.25, 0.3) is 5.89 Å². The summed E-state index contributed by atoms with van der Waals surface area (Å²) in [5.41, 5.74) is 3.34. The molecule has 7 heteroatoms. The Labute approximate surface area is 186 Å². The van der Waals surface area contributed by atoms with E-state index >= 15 is 0 Å². The SMILES string of the molecule is O=C(NCCOc1ccccc1)c1nc2c(o1)CCN(Cc1ccc3[nH]ccc3c1)CC2. The number of carbonyl (C=O) groups excluding carboxylic acids is 1. The zero-order valence-corrected chi connectivity index (χ0v) is 17.8. The lowest BCUT2D eigenvalue weighted by Crippen LogP contribution is -2.28. The standard InChI is InChI=1S/C25H26N4O3/c30-24(27-12-15-31-20-4-2-1-3-5-20)25-28-22-9-13-29(14-10-23(22)32-25)17-18-6-7-21-19(16-18)8-11-26-21/h1-8,11,16,26H,9-10,12-15,17H2,(H,27,30). The molecule has 0 saturated heterocycles. The van der Waals surface area contributed by atoms with Gasteiger partial charge in [0.2, 0.25) is 0 Å². The monoisotopic (exact) mass is 430 g/mol. The molecule has 1 aliphatic heterocycles. The van der Waals surface area contributed by atoms with Gasteiger partial charge in [0.1, 0.15) is 18.1 Å². The van der Waals surface area contributed by atoms with Crippen molar-refractivity contribution in [1.29, 1.82) is 0 Å². The summed E-state index contributed by atoms with van der Waals surface area (Å²) >= 11 is 0. The Hall–Kier alpha value is -3.58. The molecule has 5 rings (SSSR count). The number of rotatable bonds is 7. The van der Waals surface area contributed by atoms with Gasteiger partial charge >= 0.3 is 5.91 Å². The first-order valence-electron chi connectivity index (χ1n) is 11.0. The molecule has 0 spiro atoms. The maximum absolute atomic E-state index is 12.4. The summed E-state index contributed by atoms with van der Waals surface area (Å²) in [7, 11) is 0. The molecule has 0 fully saturated rings. The number of para-hydroxylation sites is 1. The van der Waals surface area contributed by atoms with Gasteiger partial charge in [-0.15, -0.1) is 0 Å². The van der Waals surface area contributed by atoms with Crippen molar-refractivity contribution in [2.75, 3.05) is 26.2 Å². The van der Waals surface area contributed by atoms with Gasteiger partial charge in [-0.05, 0) is 41.3 Å². The third kappa shape index (κ3) is 4.68. The predicted molar refractivity (Wildman–Crippen MR) is 122 cm³/mol. The molecule has 32 heavy (non-hydrogen) atoms. The normalized spacial score (nSPS) is 14.1. The highest BCUT2D eigenvalue weighted by Crippen LogP contribution is 2.20. The van der Waals surface area contributed by atoms with Crippen molar-refractivity contribution in [1.82, 2.24) is 20.2 Å². The zero-order chi connectivity index (χ0) is 21.8. The molecule has 4 aromatic rings. The summed E-state index contributed by atoms with van der Waals surface area (Å²) < 4.78 is 11.4. The van der Waals surface area contributed by atoms with Crippen LogP contribution in [0.2, 0.25) is 0 Å². The second-order valence-corrected chi connectivity index (χ2v) is 7.98. The second kappa shape index (κ2) is 9.28. The Bertz CT molecular complexity index is 1170. The van der Waals surface area contributed by atoms with Crippen LogP contribution in [-0.2, 0) is 19.4 Å². The number of aromatic amines is 1. The molecule has 2 aromatic carbocycles. The lowest BCUT2D eigenvalue weighted by atomic mass is 10.1. The number of H-pyrrole nitrogens is 1. The van der Waals surface area contributed by atoms with Crippen LogP contribution in [0.3, 0.4) is 0 Å². The molecule has 3 heterocycles. The first kappa shape index (κ1) is 20.3. The minimum Gasteiger partial charge on any atom is -0.492 e. The van der Waals surface area contributed by atoms with E-state index in [2.05, 4.69) is 44.5 Å². The molecule has 0 bridgehead atoms. The van der Waals surface area contributed by atoms with Crippen molar-refractivity contribution >= 4 is 16.8 Å². The largest absolute Gasteiger partial charge is 0.492 e. The highest BCUT2D eigenvalue weighted by molar-refractivity contribution is 5.89. The van der Waals surface area contributed by atoms with E-state index in [0.29, 0.717) is 13.2 Å². The molecule has 7 nitrogen and oxygen atoms in total. The number of amides is 1. The van der Waals surface area contributed by atoms with E-state index in [1.165, 1.54) is 10.9 Å². The maximum Gasteiger partial charge on any atom is 0.307 e. The third-order valence-corrected chi connectivity index (χ3v) is 5.72. The van der Waals surface area contributed by atoms with Crippen LogP contribution < -0.4 is 10.1 Å². The second-order valence-electron chi connectivity index (χ2n) is 7.98. The summed E-state index contributed by atoms with van der Waals surface area (Å²) in [6, 6.07) is 18.2. The molecule has 0 radical (unpaired) electrons. The molecule has 0 unspecified atom stereocenters. The Morgan fingerprint density at radius 3 is 2.91 bits per heavy atom. The van der Waals surface area contributed by atoms with Gasteiger partial charge in [0.15, 0.2) is 0 Å². The summed E-state index contributed by atoms with van der Waals surface area (Å²) in [6.45, 7) is 3.43. The lowest BCUT2D eigenvalue weighted by Gasteiger charge is -2.19. The Morgan fingerprint density at radius 2 is 2.00 bits per heavy atom. The fourth-order valence-electron chi connectivity index (χ4n) is 4.05. The Balaban J connectivity index is 1.12. The van der Waals surface area contributed by atoms with Crippen LogP contribution in [0, 0.1) is 0 Å². The number of oxazole rings is 1. The summed E-state index contributed by atoms with van der Waals surface area (Å²) in [6.07, 6.45) is 3.49. The highest BCUT2D eigenvalue weighted by Gasteiger charge is 2.22. The maximum atomic E-state index is 12.4. The van der Waals surface area contributed by atoms with Gasteiger partial charge in [-0.25, -0.2) is 4.98 Å². The smallest absolute Gasteiger partial charge is 0.307 e. The van der Waals surface area contributed by atoms with Gasteiger partial charge in [-0.2, -0.15) is 0 Å². The van der Waals surface area contributed by atoms with Crippen LogP contribution in [0.25, 0.3) is 10.9 Å². The molecule has 1 amide bonds. The number of hydrogen-bond donors (Lipinski definition) is 2. The molecular formula is C25H26N4O3. The summed E-state index contributed by atoms with van der Waals surface area (Å²) in [5.74, 6) is 1.44. The van der Waals surface area contributed by atoms with E-state index in [9.17, 15) is 4.79 Å². The van der Waals surface area contributed by atoms with Gasteiger partial charge in [-0.3, -0.25) is 9.69 Å². The van der Waals surface area contributed by atoms with Crippen LogP contribution in [0.4, 0.5) is 0 Å². The van der Waals surface area contributed by atoms with Crippen LogP contribution in [0.5, 0.6) is 5.75 Å². The van der Waals surface area contributed by atoms with Crippen LogP contribution in [0.15, 0.2) is 65.2 Å². The average molecular weight is 431 g/mol. The quantitative estimate of drug-likeness (QED) is 0.438. The van der Waals surface area contributed by atoms with Crippen molar-refractivity contribution in [3.8, 4) is 5.75 Å². The number of ether oxygens (including phenoxy) is 1. The number of nitrogens with one attached hydrogen (secondary N) is 2. The van der Waals surface area contributed by atoms with E-state index < -0.39 is 0 Å². The minimum absolute atomic E-state index is 0.140. The molecule has 0 aliphatic carbocycles. The number of nitrogens with zero attached hydrogens (tertiary/aromatic N) is 2. The summed E-state index contributed by atoms with van der Waals surface area (Å²) in [5, 5.41) is 4.05. The number of hydrogen-bond acceptors (Lipinski definition) is 5. The third-order valence-electron chi connectivity index (χ3n) is 5.72. The fourth-order valence-corrected chi connectivity index (χ4v) is 4.05. The van der Waals surface area contributed by atoms with E-state index in [1.807, 2.05) is 36.5 Å². The van der Waals surface area contributed by atoms with Crippen LogP contribution in [0.1, 0.15) is 27.7 Å². The summed E-state index contributed by atoms with van der Waals surface area (Å²) in [4.78, 5) is 22.5. The molecular weight excluding hydrogens is 404 g/mol. The molecule has 0 saturated carbocycles. The average Bonchev–Trinajstić information content (AvgIpc) is 3.41. The number of fused-ring (bicyclic) bond motifs is 2. The predicted octanol–water partition coefficient (Wildman–Crippen LogP) is 3.57. The fraction of sp³-hybridized carbons (Fsp3) is 0.280. The first-order chi connectivity index (χ1) is 15.7. The molecule has 1 aliphatic rings. The Morgan fingerprint density at radius 1 is 1.12 bits per heavy atom. The van der Waals surface area contributed by atoms with E-state index in [-0.39, 0.29) is 11.8 Å². The zero-order valence-electron chi connectivity index (χ0n) is 17.8. The molecule has 0 atom stereocenters. The van der Waals surface area contributed by atoms with Crippen LogP contribution >= 0.6 is 0 Å². The van der Waals surface area contributed by atoms with Gasteiger partial charge in [-0.1, -0.05) is 24.3 Å². The number of aromatic nitrogens is 2. The van der Waals surface area contributed by atoms with Crippen molar-refractivity contribution in [2.24, 2.45) is 0 Å². The van der Waals surface area contributed by atoms with Gasteiger partial charge in [0.05, 0.1) is 12.2 Å². The molecule has 2 aromatic heterocycles. The van der Waals surface area contributed by atoms with Gasteiger partial charge in [0, 0.05) is 44.2 Å². The van der Waals surface area contributed by atoms with Crippen molar-refractivity contribution in [2.45, 2.75) is 19.4 Å². The molecule has 2 N–H and O–H groups in total. The Kier molecular flexibility index (Phi) is 5.89. The number of carbonyl (C=O) groups is 1. The lowest BCUT2D eigenvalue weighted by molar-refractivity contribution is 0.0910. The van der Waals surface area contributed by atoms with Gasteiger partial charge < -0.3 is 19.5 Å². The van der Waals surface area contributed by atoms with E-state index in [4.69, 9.17) is 9.15 Å². The number of benzene rings is 2. The van der Waals surface area contributed by atoms with E-state index in [1.54, 1.807) is 0 Å². The van der Waals surface area contributed by atoms with E-state index in [0.717, 1.165) is 55.2 Å². The van der Waals surface area contributed by atoms with Crippen molar-refractivity contribution in [3.05, 3.63) is 83.7 Å². The minimum atomic E-state index is -0.300. The highest BCUT2D eigenvalue weighted by atomic mass is 16.5. The first-order valence-corrected chi connectivity index (χ1v) is 11.0. The van der Waals surface area contributed by atoms with Crippen molar-refractivity contribution in [3.63, 3.8) is 0 Å². The molecule has 164 valence electrons.